The van der Waals surface area contributed by atoms with Crippen LogP contribution < -0.4 is 0 Å². The summed E-state index contributed by atoms with van der Waals surface area (Å²) < 4.78 is 2.05. The molecule has 24 heavy (non-hydrogen) atoms. The van der Waals surface area contributed by atoms with Gasteiger partial charge in [0.25, 0.3) is 0 Å². The molecule has 6 nitrogen and oxygen atoms in total. The molecule has 0 aliphatic rings. The second-order valence-corrected chi connectivity index (χ2v) is 6.05. The molecule has 6 heteroatoms. The zero-order valence-electron chi connectivity index (χ0n) is 14.0. The van der Waals surface area contributed by atoms with Gasteiger partial charge in [0.15, 0.2) is 0 Å². The third-order valence-corrected chi connectivity index (χ3v) is 4.13. The van der Waals surface area contributed by atoms with Crippen LogP contribution in [0.5, 0.6) is 0 Å². The number of aliphatic hydroxyl groups is 2. The van der Waals surface area contributed by atoms with Gasteiger partial charge in [-0.15, -0.1) is 0 Å². The normalized spacial score (nSPS) is 13.7. The molecule has 2 rings (SSSR count). The zero-order chi connectivity index (χ0) is 17.7. The van der Waals surface area contributed by atoms with Crippen LogP contribution in [0, 0.1) is 13.8 Å². The standard InChI is InChI=1S/C18H24N2O4/c1-12-13(2)20(18(19-12)14-6-4-3-5-7-14)9-8-15(21)10-16(22)11-17(23)24/h3-7,15-16,21-22H,8-11H2,1-2H3,(H,23,24). The first-order valence-corrected chi connectivity index (χ1v) is 8.05. The molecular formula is C18H24N2O4. The smallest absolute Gasteiger partial charge is 0.305 e. The topological polar surface area (TPSA) is 95.6 Å². The Kier molecular flexibility index (Phi) is 6.11. The first kappa shape index (κ1) is 18.2. The first-order valence-electron chi connectivity index (χ1n) is 8.05. The average Bonchev–Trinajstić information content (AvgIpc) is 2.80. The van der Waals surface area contributed by atoms with Crippen molar-refractivity contribution in [3.05, 3.63) is 41.7 Å². The van der Waals surface area contributed by atoms with Crippen LogP contribution in [0.2, 0.25) is 0 Å². The highest BCUT2D eigenvalue weighted by Crippen LogP contribution is 2.22. The van der Waals surface area contributed by atoms with E-state index in [-0.39, 0.29) is 12.8 Å². The highest BCUT2D eigenvalue weighted by atomic mass is 16.4. The summed E-state index contributed by atoms with van der Waals surface area (Å²) >= 11 is 0. The molecule has 130 valence electrons. The average molecular weight is 332 g/mol. The van der Waals surface area contributed by atoms with Crippen LogP contribution in [0.25, 0.3) is 11.4 Å². The molecule has 0 aliphatic heterocycles. The molecule has 0 saturated carbocycles. The van der Waals surface area contributed by atoms with Gasteiger partial charge in [0, 0.05) is 17.8 Å². The van der Waals surface area contributed by atoms with Gasteiger partial charge < -0.3 is 19.9 Å². The van der Waals surface area contributed by atoms with Crippen LogP contribution in [0.1, 0.15) is 30.7 Å². The lowest BCUT2D eigenvalue weighted by Gasteiger charge is -2.16. The summed E-state index contributed by atoms with van der Waals surface area (Å²) in [6.45, 7) is 4.49. The van der Waals surface area contributed by atoms with Crippen LogP contribution in [-0.4, -0.2) is 43.0 Å². The quantitative estimate of drug-likeness (QED) is 0.688. The number of carboxylic acids is 1. The number of rotatable bonds is 8. The van der Waals surface area contributed by atoms with E-state index in [9.17, 15) is 15.0 Å². The van der Waals surface area contributed by atoms with E-state index in [0.717, 1.165) is 22.8 Å². The minimum absolute atomic E-state index is 0.0553. The molecule has 1 aromatic heterocycles. The molecule has 0 radical (unpaired) electrons. The van der Waals surface area contributed by atoms with Crippen molar-refractivity contribution in [3.8, 4) is 11.4 Å². The number of carbonyl (C=O) groups is 1. The van der Waals surface area contributed by atoms with E-state index in [0.29, 0.717) is 13.0 Å². The lowest BCUT2D eigenvalue weighted by Crippen LogP contribution is -2.22. The van der Waals surface area contributed by atoms with Gasteiger partial charge in [0.1, 0.15) is 5.82 Å². The number of aliphatic carboxylic acids is 1. The van der Waals surface area contributed by atoms with Crippen LogP contribution >= 0.6 is 0 Å². The number of nitrogens with zero attached hydrogens (tertiary/aromatic N) is 2. The Hall–Kier alpha value is -2.18. The van der Waals surface area contributed by atoms with Crippen LogP contribution in [0.15, 0.2) is 30.3 Å². The fourth-order valence-electron chi connectivity index (χ4n) is 2.73. The number of benzene rings is 1. The van der Waals surface area contributed by atoms with Gasteiger partial charge in [-0.05, 0) is 26.7 Å². The molecule has 0 saturated heterocycles. The molecular weight excluding hydrogens is 308 g/mol. The summed E-state index contributed by atoms with van der Waals surface area (Å²) in [5, 5.41) is 28.3. The lowest BCUT2D eigenvalue weighted by atomic mass is 10.1. The van der Waals surface area contributed by atoms with E-state index in [1.165, 1.54) is 0 Å². The van der Waals surface area contributed by atoms with Crippen molar-refractivity contribution in [1.82, 2.24) is 9.55 Å². The van der Waals surface area contributed by atoms with Crippen LogP contribution in [0.4, 0.5) is 0 Å². The maximum Gasteiger partial charge on any atom is 0.305 e. The maximum absolute atomic E-state index is 10.6. The van der Waals surface area contributed by atoms with Gasteiger partial charge in [0.05, 0.1) is 24.3 Å². The van der Waals surface area contributed by atoms with Gasteiger partial charge in [-0.1, -0.05) is 30.3 Å². The number of aryl methyl sites for hydroxylation is 1. The maximum atomic E-state index is 10.6. The highest BCUT2D eigenvalue weighted by molar-refractivity contribution is 5.67. The van der Waals surface area contributed by atoms with E-state index in [1.807, 2.05) is 44.2 Å². The lowest BCUT2D eigenvalue weighted by molar-refractivity contribution is -0.139. The Morgan fingerprint density at radius 1 is 1.17 bits per heavy atom. The number of imidazole rings is 1. The van der Waals surface area contributed by atoms with Crippen molar-refractivity contribution in [2.45, 2.75) is 51.9 Å². The molecule has 0 bridgehead atoms. The Labute approximate surface area is 141 Å². The molecule has 0 aliphatic carbocycles. The number of hydrogen-bond acceptors (Lipinski definition) is 4. The highest BCUT2D eigenvalue weighted by Gasteiger charge is 2.17. The summed E-state index contributed by atoms with van der Waals surface area (Å²) in [7, 11) is 0. The van der Waals surface area contributed by atoms with E-state index in [1.54, 1.807) is 0 Å². The summed E-state index contributed by atoms with van der Waals surface area (Å²) in [5.41, 5.74) is 2.98. The predicted octanol–water partition coefficient (Wildman–Crippen LogP) is 2.14. The monoisotopic (exact) mass is 332 g/mol. The number of aliphatic hydroxyl groups excluding tert-OH is 2. The second-order valence-electron chi connectivity index (χ2n) is 6.05. The molecule has 2 aromatic rings. The fraction of sp³-hybridized carbons (Fsp3) is 0.444. The Morgan fingerprint density at radius 3 is 2.46 bits per heavy atom. The van der Waals surface area contributed by atoms with Gasteiger partial charge in [-0.3, -0.25) is 4.79 Å². The summed E-state index contributed by atoms with van der Waals surface area (Å²) in [5.74, 6) is -0.217. The van der Waals surface area contributed by atoms with Crippen molar-refractivity contribution >= 4 is 5.97 Å². The Balaban J connectivity index is 2.06. The van der Waals surface area contributed by atoms with Crippen molar-refractivity contribution in [3.63, 3.8) is 0 Å². The minimum atomic E-state index is -1.07. The molecule has 0 spiro atoms. The third-order valence-electron chi connectivity index (χ3n) is 4.13. The van der Waals surface area contributed by atoms with E-state index in [2.05, 4.69) is 9.55 Å². The van der Waals surface area contributed by atoms with Crippen molar-refractivity contribution in [1.29, 1.82) is 0 Å². The largest absolute Gasteiger partial charge is 0.481 e. The summed E-state index contributed by atoms with van der Waals surface area (Å²) in [6.07, 6.45) is -1.66. The Morgan fingerprint density at radius 2 is 1.83 bits per heavy atom. The zero-order valence-corrected chi connectivity index (χ0v) is 14.0. The van der Waals surface area contributed by atoms with E-state index >= 15 is 0 Å². The van der Waals surface area contributed by atoms with Gasteiger partial charge >= 0.3 is 5.97 Å². The minimum Gasteiger partial charge on any atom is -0.481 e. The second kappa shape index (κ2) is 8.08. The van der Waals surface area contributed by atoms with Gasteiger partial charge in [0.2, 0.25) is 0 Å². The van der Waals surface area contributed by atoms with E-state index < -0.39 is 18.2 Å². The van der Waals surface area contributed by atoms with Crippen molar-refractivity contribution in [2.24, 2.45) is 0 Å². The molecule has 1 heterocycles. The van der Waals surface area contributed by atoms with Gasteiger partial charge in [-0.25, -0.2) is 4.98 Å². The molecule has 2 atom stereocenters. The van der Waals surface area contributed by atoms with Crippen LogP contribution in [0.3, 0.4) is 0 Å². The molecule has 0 fully saturated rings. The molecule has 0 amide bonds. The molecule has 2 unspecified atom stereocenters. The SMILES string of the molecule is Cc1nc(-c2ccccc2)n(CCC(O)CC(O)CC(=O)O)c1C. The molecule has 3 N–H and O–H groups in total. The number of carboxylic acid groups (broad SMARTS) is 1. The van der Waals surface area contributed by atoms with Crippen molar-refractivity contribution < 1.29 is 20.1 Å². The third kappa shape index (κ3) is 4.66. The summed E-state index contributed by atoms with van der Waals surface area (Å²) in [4.78, 5) is 15.2. The first-order chi connectivity index (χ1) is 11.4. The number of aromatic nitrogens is 2. The van der Waals surface area contributed by atoms with E-state index in [4.69, 9.17) is 5.11 Å². The summed E-state index contributed by atoms with van der Waals surface area (Å²) in [6, 6.07) is 9.84. The fourth-order valence-corrected chi connectivity index (χ4v) is 2.73. The van der Waals surface area contributed by atoms with Crippen molar-refractivity contribution in [2.75, 3.05) is 0 Å². The molecule has 1 aromatic carbocycles. The Bertz CT molecular complexity index is 682. The number of hydrogen-bond donors (Lipinski definition) is 3. The van der Waals surface area contributed by atoms with Gasteiger partial charge in [-0.2, -0.15) is 0 Å². The predicted molar refractivity (Wildman–Crippen MR) is 90.6 cm³/mol. The van der Waals surface area contributed by atoms with Crippen LogP contribution in [-0.2, 0) is 11.3 Å².